The Hall–Kier alpha value is -1.60. The minimum Gasteiger partial charge on any atom is -0.330 e. The van der Waals surface area contributed by atoms with Gasteiger partial charge < -0.3 is 5.73 Å². The van der Waals surface area contributed by atoms with E-state index in [1.165, 1.54) is 16.7 Å². The highest BCUT2D eigenvalue weighted by Crippen LogP contribution is 2.09. The number of aryl methyl sites for hydroxylation is 2. The van der Waals surface area contributed by atoms with Crippen LogP contribution in [0.2, 0.25) is 0 Å². The SMILES string of the molecule is NCCc1ccc(CCc2ccccc2)cc1. The molecule has 0 aliphatic rings. The van der Waals surface area contributed by atoms with Gasteiger partial charge in [0.2, 0.25) is 0 Å². The topological polar surface area (TPSA) is 26.0 Å². The van der Waals surface area contributed by atoms with Crippen molar-refractivity contribution in [3.63, 3.8) is 0 Å². The highest BCUT2D eigenvalue weighted by molar-refractivity contribution is 5.24. The van der Waals surface area contributed by atoms with Gasteiger partial charge >= 0.3 is 0 Å². The lowest BCUT2D eigenvalue weighted by Crippen LogP contribution is -2.02. The van der Waals surface area contributed by atoms with Crippen molar-refractivity contribution in [3.05, 3.63) is 71.3 Å². The first kappa shape index (κ1) is 11.9. The van der Waals surface area contributed by atoms with Crippen molar-refractivity contribution in [2.45, 2.75) is 19.3 Å². The Morgan fingerprint density at radius 2 is 1.06 bits per heavy atom. The standard InChI is InChI=1S/C16H19N/c17-13-12-16-10-8-15(9-11-16)7-6-14-4-2-1-3-5-14/h1-5,8-11H,6-7,12-13,17H2. The van der Waals surface area contributed by atoms with Crippen molar-refractivity contribution < 1.29 is 0 Å². The smallest absolute Gasteiger partial charge is 0.00367 e. The molecule has 17 heavy (non-hydrogen) atoms. The average molecular weight is 225 g/mol. The summed E-state index contributed by atoms with van der Waals surface area (Å²) in [6.45, 7) is 0.726. The molecule has 0 aromatic heterocycles. The second-order valence-electron chi connectivity index (χ2n) is 4.34. The predicted octanol–water partition coefficient (Wildman–Crippen LogP) is 2.97. The number of hydrogen-bond acceptors (Lipinski definition) is 1. The van der Waals surface area contributed by atoms with E-state index in [-0.39, 0.29) is 0 Å². The van der Waals surface area contributed by atoms with E-state index >= 15 is 0 Å². The summed E-state index contributed by atoms with van der Waals surface area (Å²) in [5.41, 5.74) is 9.66. The molecular formula is C16H19N. The zero-order valence-corrected chi connectivity index (χ0v) is 10.1. The van der Waals surface area contributed by atoms with Crippen molar-refractivity contribution in [2.75, 3.05) is 6.54 Å². The minimum atomic E-state index is 0.726. The lowest BCUT2D eigenvalue weighted by molar-refractivity contribution is 0.944. The monoisotopic (exact) mass is 225 g/mol. The van der Waals surface area contributed by atoms with E-state index in [0.717, 1.165) is 25.8 Å². The Morgan fingerprint density at radius 3 is 1.59 bits per heavy atom. The Morgan fingerprint density at radius 1 is 0.588 bits per heavy atom. The summed E-state index contributed by atoms with van der Waals surface area (Å²) in [5, 5.41) is 0. The van der Waals surface area contributed by atoms with Gasteiger partial charge in [0.1, 0.15) is 0 Å². The van der Waals surface area contributed by atoms with E-state index in [2.05, 4.69) is 54.6 Å². The maximum absolute atomic E-state index is 5.53. The van der Waals surface area contributed by atoms with E-state index in [4.69, 9.17) is 5.73 Å². The molecule has 0 aliphatic carbocycles. The van der Waals surface area contributed by atoms with Crippen LogP contribution in [0.15, 0.2) is 54.6 Å². The predicted molar refractivity (Wildman–Crippen MR) is 73.1 cm³/mol. The molecule has 0 radical (unpaired) electrons. The zero-order valence-electron chi connectivity index (χ0n) is 10.1. The van der Waals surface area contributed by atoms with Crippen LogP contribution in [0, 0.1) is 0 Å². The molecule has 1 nitrogen and oxygen atoms in total. The molecule has 0 spiro atoms. The minimum absolute atomic E-state index is 0.726. The molecule has 0 atom stereocenters. The summed E-state index contributed by atoms with van der Waals surface area (Å²) in [6.07, 6.45) is 3.18. The zero-order chi connectivity index (χ0) is 11.9. The van der Waals surface area contributed by atoms with Crippen molar-refractivity contribution in [1.82, 2.24) is 0 Å². The Labute approximate surface area is 103 Å². The van der Waals surface area contributed by atoms with Crippen LogP contribution in [0.25, 0.3) is 0 Å². The average Bonchev–Trinajstić information content (AvgIpc) is 2.40. The Kier molecular flexibility index (Phi) is 4.34. The molecule has 0 aliphatic heterocycles. The van der Waals surface area contributed by atoms with Gasteiger partial charge in [-0.05, 0) is 42.5 Å². The van der Waals surface area contributed by atoms with E-state index in [9.17, 15) is 0 Å². The fraction of sp³-hybridized carbons (Fsp3) is 0.250. The van der Waals surface area contributed by atoms with Gasteiger partial charge in [-0.3, -0.25) is 0 Å². The molecule has 0 saturated heterocycles. The van der Waals surface area contributed by atoms with E-state index < -0.39 is 0 Å². The molecule has 2 N–H and O–H groups in total. The quantitative estimate of drug-likeness (QED) is 0.831. The van der Waals surface area contributed by atoms with Gasteiger partial charge in [0.05, 0.1) is 0 Å². The molecular weight excluding hydrogens is 206 g/mol. The molecule has 0 fully saturated rings. The maximum Gasteiger partial charge on any atom is -0.00367 e. The van der Waals surface area contributed by atoms with Crippen LogP contribution in [0.5, 0.6) is 0 Å². The first-order chi connectivity index (χ1) is 8.38. The van der Waals surface area contributed by atoms with Gasteiger partial charge in [-0.1, -0.05) is 54.6 Å². The lowest BCUT2D eigenvalue weighted by atomic mass is 10.0. The van der Waals surface area contributed by atoms with Crippen molar-refractivity contribution in [1.29, 1.82) is 0 Å². The highest BCUT2D eigenvalue weighted by atomic mass is 14.5. The van der Waals surface area contributed by atoms with Crippen molar-refractivity contribution in [2.24, 2.45) is 5.73 Å². The highest BCUT2D eigenvalue weighted by Gasteiger charge is 1.96. The molecule has 0 saturated carbocycles. The van der Waals surface area contributed by atoms with Crippen molar-refractivity contribution in [3.8, 4) is 0 Å². The van der Waals surface area contributed by atoms with Gasteiger partial charge in [0.25, 0.3) is 0 Å². The molecule has 0 bridgehead atoms. The summed E-state index contributed by atoms with van der Waals surface area (Å²) in [5.74, 6) is 0. The van der Waals surface area contributed by atoms with Gasteiger partial charge in [-0.25, -0.2) is 0 Å². The summed E-state index contributed by atoms with van der Waals surface area (Å²) in [7, 11) is 0. The van der Waals surface area contributed by atoms with Crippen LogP contribution in [0.4, 0.5) is 0 Å². The third kappa shape index (κ3) is 3.72. The molecule has 2 aromatic rings. The van der Waals surface area contributed by atoms with Crippen LogP contribution < -0.4 is 5.73 Å². The molecule has 0 heterocycles. The first-order valence-electron chi connectivity index (χ1n) is 6.20. The molecule has 1 heteroatoms. The second kappa shape index (κ2) is 6.21. The fourth-order valence-corrected chi connectivity index (χ4v) is 1.97. The summed E-state index contributed by atoms with van der Waals surface area (Å²) in [6, 6.07) is 19.4. The van der Waals surface area contributed by atoms with E-state index in [1.54, 1.807) is 0 Å². The molecule has 2 rings (SSSR count). The summed E-state index contributed by atoms with van der Waals surface area (Å²) >= 11 is 0. The largest absolute Gasteiger partial charge is 0.330 e. The fourth-order valence-electron chi connectivity index (χ4n) is 1.97. The Balaban J connectivity index is 1.91. The van der Waals surface area contributed by atoms with Gasteiger partial charge in [0.15, 0.2) is 0 Å². The maximum atomic E-state index is 5.53. The normalized spacial score (nSPS) is 10.4. The molecule has 88 valence electrons. The van der Waals surface area contributed by atoms with Crippen molar-refractivity contribution >= 4 is 0 Å². The molecule has 0 unspecified atom stereocenters. The van der Waals surface area contributed by atoms with Crippen LogP contribution in [0.1, 0.15) is 16.7 Å². The first-order valence-corrected chi connectivity index (χ1v) is 6.20. The number of nitrogens with two attached hydrogens (primary N) is 1. The van der Waals surface area contributed by atoms with Crippen LogP contribution in [-0.2, 0) is 19.3 Å². The third-order valence-corrected chi connectivity index (χ3v) is 3.00. The summed E-state index contributed by atoms with van der Waals surface area (Å²) < 4.78 is 0. The number of hydrogen-bond donors (Lipinski definition) is 1. The molecule has 2 aromatic carbocycles. The Bertz CT molecular complexity index is 431. The van der Waals surface area contributed by atoms with E-state index in [1.807, 2.05) is 0 Å². The van der Waals surface area contributed by atoms with E-state index in [0.29, 0.717) is 0 Å². The van der Waals surface area contributed by atoms with Gasteiger partial charge in [0, 0.05) is 0 Å². The number of benzene rings is 2. The van der Waals surface area contributed by atoms with Crippen LogP contribution in [0.3, 0.4) is 0 Å². The number of rotatable bonds is 5. The lowest BCUT2D eigenvalue weighted by Gasteiger charge is -2.04. The summed E-state index contributed by atoms with van der Waals surface area (Å²) in [4.78, 5) is 0. The van der Waals surface area contributed by atoms with Crippen LogP contribution >= 0.6 is 0 Å². The second-order valence-corrected chi connectivity index (χ2v) is 4.34. The third-order valence-electron chi connectivity index (χ3n) is 3.00. The molecule has 0 amide bonds. The van der Waals surface area contributed by atoms with Crippen LogP contribution in [-0.4, -0.2) is 6.54 Å². The van der Waals surface area contributed by atoms with Gasteiger partial charge in [-0.2, -0.15) is 0 Å². The van der Waals surface area contributed by atoms with Gasteiger partial charge in [-0.15, -0.1) is 0 Å².